The monoisotopic (exact) mass is 477 g/mol. The number of rotatable bonds is 9. The van der Waals surface area contributed by atoms with Crippen molar-refractivity contribution in [2.45, 2.75) is 19.6 Å². The summed E-state index contributed by atoms with van der Waals surface area (Å²) in [5.41, 5.74) is 3.09. The molecule has 0 atom stereocenters. The van der Waals surface area contributed by atoms with Crippen molar-refractivity contribution in [1.82, 2.24) is 5.32 Å². The number of halogens is 3. The van der Waals surface area contributed by atoms with Gasteiger partial charge in [-0.1, -0.05) is 48.0 Å². The summed E-state index contributed by atoms with van der Waals surface area (Å²) >= 11 is 9.64. The summed E-state index contributed by atoms with van der Waals surface area (Å²) < 4.78 is 25.4. The van der Waals surface area contributed by atoms with E-state index < -0.39 is 0 Å². The van der Waals surface area contributed by atoms with Crippen LogP contribution in [-0.4, -0.2) is 13.7 Å². The third kappa shape index (κ3) is 6.20. The van der Waals surface area contributed by atoms with Gasteiger partial charge in [0.05, 0.1) is 16.6 Å². The Morgan fingerprint density at radius 1 is 1.03 bits per heavy atom. The normalized spacial score (nSPS) is 10.8. The Balaban J connectivity index is 1.61. The highest BCUT2D eigenvalue weighted by atomic mass is 79.9. The number of hydrogen-bond donors (Lipinski definition) is 1. The van der Waals surface area contributed by atoms with Crippen molar-refractivity contribution in [3.05, 3.63) is 92.7 Å². The third-order valence-corrected chi connectivity index (χ3v) is 5.38. The zero-order valence-corrected chi connectivity index (χ0v) is 18.4. The van der Waals surface area contributed by atoms with Crippen LogP contribution in [0.3, 0.4) is 0 Å². The molecule has 0 saturated carbocycles. The van der Waals surface area contributed by atoms with Crippen LogP contribution in [-0.2, 0) is 19.6 Å². The van der Waals surface area contributed by atoms with E-state index in [4.69, 9.17) is 21.1 Å². The Kier molecular flexibility index (Phi) is 7.92. The second kappa shape index (κ2) is 10.6. The highest BCUT2D eigenvalue weighted by Gasteiger charge is 2.13. The molecule has 0 aliphatic heterocycles. The van der Waals surface area contributed by atoms with Gasteiger partial charge in [0.15, 0.2) is 11.5 Å². The summed E-state index contributed by atoms with van der Waals surface area (Å²) in [7, 11) is 1.60. The van der Waals surface area contributed by atoms with Gasteiger partial charge in [-0.25, -0.2) is 4.39 Å². The first kappa shape index (κ1) is 21.6. The lowest BCUT2D eigenvalue weighted by Crippen LogP contribution is -2.16. The zero-order chi connectivity index (χ0) is 20.6. The van der Waals surface area contributed by atoms with Crippen molar-refractivity contribution in [3.8, 4) is 11.5 Å². The molecule has 6 heteroatoms. The summed E-state index contributed by atoms with van der Waals surface area (Å²) in [6.07, 6.45) is 0.971. The van der Waals surface area contributed by atoms with Crippen LogP contribution >= 0.6 is 27.5 Å². The predicted octanol–water partition coefficient (Wildman–Crippen LogP) is 6.16. The van der Waals surface area contributed by atoms with Crippen molar-refractivity contribution >= 4 is 27.5 Å². The van der Waals surface area contributed by atoms with Gasteiger partial charge in [-0.15, -0.1) is 0 Å². The molecular formula is C23H22BrClFNO2. The van der Waals surface area contributed by atoms with Gasteiger partial charge in [0.2, 0.25) is 0 Å². The summed E-state index contributed by atoms with van der Waals surface area (Å²) in [6, 6.07) is 18.6. The van der Waals surface area contributed by atoms with E-state index in [1.165, 1.54) is 17.7 Å². The number of nitrogens with one attached hydrogen (secondary N) is 1. The number of methoxy groups -OCH3 is 1. The molecule has 0 aromatic heterocycles. The van der Waals surface area contributed by atoms with E-state index in [0.29, 0.717) is 28.6 Å². The fraction of sp³-hybridized carbons (Fsp3) is 0.217. The molecule has 3 rings (SSSR count). The van der Waals surface area contributed by atoms with Gasteiger partial charge in [-0.3, -0.25) is 0 Å². The molecule has 3 nitrogen and oxygen atoms in total. The quantitative estimate of drug-likeness (QED) is 0.374. The van der Waals surface area contributed by atoms with Crippen molar-refractivity contribution in [2.24, 2.45) is 0 Å². The lowest BCUT2D eigenvalue weighted by Gasteiger charge is -2.15. The minimum absolute atomic E-state index is 0.211. The van der Waals surface area contributed by atoms with Crippen LogP contribution in [0.1, 0.15) is 16.7 Å². The maximum absolute atomic E-state index is 13.2. The van der Waals surface area contributed by atoms with Crippen LogP contribution in [0.2, 0.25) is 5.02 Å². The van der Waals surface area contributed by atoms with Gasteiger partial charge in [-0.2, -0.15) is 0 Å². The molecule has 3 aromatic rings. The maximum Gasteiger partial charge on any atom is 0.175 e. The maximum atomic E-state index is 13.2. The van der Waals surface area contributed by atoms with E-state index in [-0.39, 0.29) is 12.4 Å². The van der Waals surface area contributed by atoms with E-state index in [2.05, 4.69) is 45.5 Å². The molecule has 0 heterocycles. The molecular weight excluding hydrogens is 457 g/mol. The second-order valence-corrected chi connectivity index (χ2v) is 7.81. The number of benzene rings is 3. The Bertz CT molecular complexity index is 953. The van der Waals surface area contributed by atoms with E-state index >= 15 is 0 Å². The average molecular weight is 479 g/mol. The largest absolute Gasteiger partial charge is 0.493 e. The smallest absolute Gasteiger partial charge is 0.175 e. The Morgan fingerprint density at radius 2 is 1.83 bits per heavy atom. The van der Waals surface area contributed by atoms with E-state index in [0.717, 1.165) is 23.0 Å². The Morgan fingerprint density at radius 3 is 2.55 bits per heavy atom. The molecule has 0 fully saturated rings. The van der Waals surface area contributed by atoms with Gasteiger partial charge in [-0.05, 0) is 64.3 Å². The van der Waals surface area contributed by atoms with Gasteiger partial charge in [0, 0.05) is 12.1 Å². The SMILES string of the molecule is COc1cc(CNCCc2ccccc2)cc(Br)c1OCc1ccc(F)cc1Cl. The molecule has 29 heavy (non-hydrogen) atoms. The zero-order valence-electron chi connectivity index (χ0n) is 16.1. The molecule has 0 radical (unpaired) electrons. The lowest BCUT2D eigenvalue weighted by atomic mass is 10.1. The van der Waals surface area contributed by atoms with E-state index in [1.807, 2.05) is 18.2 Å². The van der Waals surface area contributed by atoms with Crippen LogP contribution < -0.4 is 14.8 Å². The van der Waals surface area contributed by atoms with Crippen LogP contribution in [0, 0.1) is 5.82 Å². The van der Waals surface area contributed by atoms with Gasteiger partial charge >= 0.3 is 0 Å². The molecule has 0 spiro atoms. The fourth-order valence-corrected chi connectivity index (χ4v) is 3.74. The highest BCUT2D eigenvalue weighted by molar-refractivity contribution is 9.10. The van der Waals surface area contributed by atoms with Crippen molar-refractivity contribution in [3.63, 3.8) is 0 Å². The minimum atomic E-state index is -0.373. The minimum Gasteiger partial charge on any atom is -0.493 e. The summed E-state index contributed by atoms with van der Waals surface area (Å²) in [5, 5.41) is 3.78. The van der Waals surface area contributed by atoms with Crippen LogP contribution in [0.5, 0.6) is 11.5 Å². The molecule has 0 amide bonds. The van der Waals surface area contributed by atoms with Crippen LogP contribution in [0.4, 0.5) is 4.39 Å². The molecule has 0 aliphatic rings. The van der Waals surface area contributed by atoms with E-state index in [1.54, 1.807) is 13.2 Å². The molecule has 0 unspecified atom stereocenters. The molecule has 0 bridgehead atoms. The first-order valence-corrected chi connectivity index (χ1v) is 10.4. The van der Waals surface area contributed by atoms with Crippen molar-refractivity contribution < 1.29 is 13.9 Å². The highest BCUT2D eigenvalue weighted by Crippen LogP contribution is 2.37. The van der Waals surface area contributed by atoms with Crippen LogP contribution in [0.25, 0.3) is 0 Å². The molecule has 0 aliphatic carbocycles. The second-order valence-electron chi connectivity index (χ2n) is 6.55. The molecule has 3 aromatic carbocycles. The fourth-order valence-electron chi connectivity index (χ4n) is 2.91. The molecule has 0 saturated heterocycles. The topological polar surface area (TPSA) is 30.5 Å². The predicted molar refractivity (Wildman–Crippen MR) is 118 cm³/mol. The first-order valence-electron chi connectivity index (χ1n) is 9.24. The van der Waals surface area contributed by atoms with Crippen LogP contribution in [0.15, 0.2) is 65.1 Å². The van der Waals surface area contributed by atoms with Gasteiger partial charge in [0.1, 0.15) is 12.4 Å². The van der Waals surface area contributed by atoms with Crippen molar-refractivity contribution in [2.75, 3.05) is 13.7 Å². The summed E-state index contributed by atoms with van der Waals surface area (Å²) in [6.45, 7) is 1.81. The summed E-state index contributed by atoms with van der Waals surface area (Å²) in [5.74, 6) is 0.833. The van der Waals surface area contributed by atoms with E-state index in [9.17, 15) is 4.39 Å². The van der Waals surface area contributed by atoms with Gasteiger partial charge in [0.25, 0.3) is 0 Å². The molecule has 1 N–H and O–H groups in total. The number of hydrogen-bond acceptors (Lipinski definition) is 3. The standard InChI is InChI=1S/C23H22BrClFNO2/c1-28-22-12-17(14-27-10-9-16-5-3-2-4-6-16)11-20(24)23(22)29-15-18-7-8-19(26)13-21(18)25/h2-8,11-13,27H,9-10,14-15H2,1H3. The average Bonchev–Trinajstić information content (AvgIpc) is 2.72. The first-order chi connectivity index (χ1) is 14.1. The molecule has 152 valence electrons. The Labute approximate surface area is 183 Å². The lowest BCUT2D eigenvalue weighted by molar-refractivity contribution is 0.282. The summed E-state index contributed by atoms with van der Waals surface area (Å²) in [4.78, 5) is 0. The number of ether oxygens (including phenoxy) is 2. The van der Waals surface area contributed by atoms with Gasteiger partial charge < -0.3 is 14.8 Å². The Hall–Kier alpha value is -2.08. The third-order valence-electron chi connectivity index (χ3n) is 4.44. The van der Waals surface area contributed by atoms with Crippen molar-refractivity contribution in [1.29, 1.82) is 0 Å².